The Hall–Kier alpha value is -1.99. The normalized spacial score (nSPS) is 16.7. The van der Waals surface area contributed by atoms with E-state index in [0.717, 1.165) is 0 Å². The molecule has 1 aromatic rings. The highest BCUT2D eigenvalue weighted by Gasteiger charge is 2.28. The van der Waals surface area contributed by atoms with Crippen molar-refractivity contribution in [2.45, 2.75) is 25.4 Å². The van der Waals surface area contributed by atoms with Crippen molar-refractivity contribution in [3.8, 4) is 0 Å². The van der Waals surface area contributed by atoms with E-state index in [1.807, 2.05) is 0 Å². The number of hydrogen-bond donors (Lipinski definition) is 2. The fourth-order valence-corrected chi connectivity index (χ4v) is 2.76. The average molecular weight is 337 g/mol. The van der Waals surface area contributed by atoms with Gasteiger partial charge in [-0.25, -0.2) is 4.39 Å². The highest BCUT2D eigenvalue weighted by atomic mass is 19.1. The number of hydrogen-bond acceptors (Lipinski definition) is 4. The van der Waals surface area contributed by atoms with Gasteiger partial charge < -0.3 is 20.7 Å². The van der Waals surface area contributed by atoms with E-state index < -0.39 is 0 Å². The van der Waals surface area contributed by atoms with Crippen molar-refractivity contribution in [2.75, 3.05) is 32.1 Å². The first-order valence-electron chi connectivity index (χ1n) is 8.10. The van der Waals surface area contributed by atoms with Gasteiger partial charge in [0, 0.05) is 38.3 Å². The molecule has 3 N–H and O–H groups in total. The van der Waals surface area contributed by atoms with Crippen molar-refractivity contribution in [1.82, 2.24) is 4.90 Å². The van der Waals surface area contributed by atoms with E-state index in [2.05, 4.69) is 5.32 Å². The summed E-state index contributed by atoms with van der Waals surface area (Å²) in [6, 6.07) is 5.67. The van der Waals surface area contributed by atoms with E-state index in [1.165, 1.54) is 31.4 Å². The number of nitrogens with two attached hydrogens (primary N) is 1. The fourth-order valence-electron chi connectivity index (χ4n) is 2.76. The van der Waals surface area contributed by atoms with Crippen LogP contribution in [0.2, 0.25) is 0 Å². The first-order valence-corrected chi connectivity index (χ1v) is 8.10. The molecular formula is C17H24FN3O3. The lowest BCUT2D eigenvalue weighted by Gasteiger charge is -2.32. The maximum Gasteiger partial charge on any atom is 0.227 e. The third kappa shape index (κ3) is 5.01. The van der Waals surface area contributed by atoms with E-state index in [9.17, 15) is 14.0 Å². The van der Waals surface area contributed by atoms with E-state index in [-0.39, 0.29) is 36.1 Å². The van der Waals surface area contributed by atoms with Gasteiger partial charge in [0.2, 0.25) is 11.8 Å². The zero-order valence-electron chi connectivity index (χ0n) is 13.8. The van der Waals surface area contributed by atoms with Crippen molar-refractivity contribution in [2.24, 2.45) is 11.7 Å². The molecule has 0 spiro atoms. The van der Waals surface area contributed by atoms with Gasteiger partial charge in [0.05, 0.1) is 12.5 Å². The second-order valence-electron chi connectivity index (χ2n) is 5.95. The van der Waals surface area contributed by atoms with Gasteiger partial charge in [-0.15, -0.1) is 0 Å². The summed E-state index contributed by atoms with van der Waals surface area (Å²) in [5.74, 6) is -0.575. The number of likely N-dealkylation sites (tertiary alicyclic amines) is 1. The van der Waals surface area contributed by atoms with Crippen LogP contribution in [0, 0.1) is 11.7 Å². The summed E-state index contributed by atoms with van der Waals surface area (Å²) < 4.78 is 18.0. The van der Waals surface area contributed by atoms with Gasteiger partial charge in [0.1, 0.15) is 5.82 Å². The minimum absolute atomic E-state index is 0.00435. The van der Waals surface area contributed by atoms with Crippen LogP contribution in [0.25, 0.3) is 0 Å². The first-order chi connectivity index (χ1) is 11.5. The third-order valence-corrected chi connectivity index (χ3v) is 4.33. The number of nitrogens with zero attached hydrogens (tertiary/aromatic N) is 1. The van der Waals surface area contributed by atoms with Gasteiger partial charge in [-0.05, 0) is 37.1 Å². The molecule has 0 radical (unpaired) electrons. The van der Waals surface area contributed by atoms with Crippen LogP contribution in [0.4, 0.5) is 10.1 Å². The molecule has 132 valence electrons. The number of halogens is 1. The smallest absolute Gasteiger partial charge is 0.227 e. The van der Waals surface area contributed by atoms with Gasteiger partial charge >= 0.3 is 0 Å². The minimum atomic E-state index is -0.341. The predicted octanol–water partition coefficient (Wildman–Crippen LogP) is 1.37. The lowest BCUT2D eigenvalue weighted by molar-refractivity contribution is -0.136. The van der Waals surface area contributed by atoms with Crippen LogP contribution in [0.15, 0.2) is 24.3 Å². The number of benzene rings is 1. The molecule has 0 aliphatic carbocycles. The highest BCUT2D eigenvalue weighted by Crippen LogP contribution is 2.20. The van der Waals surface area contributed by atoms with Crippen LogP contribution in [-0.4, -0.2) is 49.6 Å². The minimum Gasteiger partial charge on any atom is -0.380 e. The van der Waals surface area contributed by atoms with Gasteiger partial charge in [-0.2, -0.15) is 0 Å². The Morgan fingerprint density at radius 2 is 1.96 bits per heavy atom. The summed E-state index contributed by atoms with van der Waals surface area (Å²) in [7, 11) is 1.54. The van der Waals surface area contributed by atoms with Gasteiger partial charge in [0.15, 0.2) is 0 Å². The Kier molecular flexibility index (Phi) is 6.69. The summed E-state index contributed by atoms with van der Waals surface area (Å²) in [5, 5.41) is 2.79. The molecule has 1 aliphatic heterocycles. The molecule has 24 heavy (non-hydrogen) atoms. The van der Waals surface area contributed by atoms with Gasteiger partial charge in [0.25, 0.3) is 0 Å². The topological polar surface area (TPSA) is 84.7 Å². The molecule has 1 unspecified atom stereocenters. The molecule has 1 aromatic carbocycles. The first kappa shape index (κ1) is 18.4. The fraction of sp³-hybridized carbons (Fsp3) is 0.529. The predicted molar refractivity (Wildman–Crippen MR) is 88.8 cm³/mol. The van der Waals surface area contributed by atoms with E-state index in [0.29, 0.717) is 38.2 Å². The third-order valence-electron chi connectivity index (χ3n) is 4.33. The molecule has 0 saturated carbocycles. The lowest BCUT2D eigenvalue weighted by atomic mass is 9.95. The molecule has 1 heterocycles. The van der Waals surface area contributed by atoms with Crippen molar-refractivity contribution >= 4 is 17.5 Å². The summed E-state index contributed by atoms with van der Waals surface area (Å²) in [5.41, 5.74) is 6.11. The Labute approximate surface area is 141 Å². The van der Waals surface area contributed by atoms with E-state index in [4.69, 9.17) is 10.5 Å². The number of nitrogens with one attached hydrogen (secondary N) is 1. The lowest BCUT2D eigenvalue weighted by Crippen LogP contribution is -2.43. The quantitative estimate of drug-likeness (QED) is 0.821. The number of anilines is 1. The number of rotatable bonds is 6. The summed E-state index contributed by atoms with van der Waals surface area (Å²) in [6.45, 7) is 1.39. The molecular weight excluding hydrogens is 313 g/mol. The number of methoxy groups -OCH3 is 1. The van der Waals surface area contributed by atoms with Crippen LogP contribution in [-0.2, 0) is 14.3 Å². The average Bonchev–Trinajstić information content (AvgIpc) is 2.61. The molecule has 7 heteroatoms. The molecule has 1 saturated heterocycles. The van der Waals surface area contributed by atoms with E-state index >= 15 is 0 Å². The largest absolute Gasteiger partial charge is 0.380 e. The second-order valence-corrected chi connectivity index (χ2v) is 5.95. The molecule has 2 rings (SSSR count). The molecule has 2 amide bonds. The molecule has 6 nitrogen and oxygen atoms in total. The highest BCUT2D eigenvalue weighted by molar-refractivity contribution is 5.92. The number of ether oxygens (including phenoxy) is 1. The van der Waals surface area contributed by atoms with Crippen molar-refractivity contribution in [3.63, 3.8) is 0 Å². The molecule has 1 fully saturated rings. The molecule has 1 aliphatic rings. The maximum atomic E-state index is 12.9. The van der Waals surface area contributed by atoms with Crippen LogP contribution in [0.5, 0.6) is 0 Å². The SMILES string of the molecule is COC(CN)CC(=O)N1CCC(C(=O)Nc2ccc(F)cc2)CC1. The van der Waals surface area contributed by atoms with Crippen molar-refractivity contribution < 1.29 is 18.7 Å². The number of carbonyl (C=O) groups is 2. The summed E-state index contributed by atoms with van der Waals surface area (Å²) in [6.07, 6.45) is 1.22. The molecule has 0 aromatic heterocycles. The molecule has 1 atom stereocenters. The zero-order chi connectivity index (χ0) is 17.5. The monoisotopic (exact) mass is 337 g/mol. The second kappa shape index (κ2) is 8.75. The summed E-state index contributed by atoms with van der Waals surface area (Å²) >= 11 is 0. The Bertz CT molecular complexity index is 553. The van der Waals surface area contributed by atoms with Crippen molar-refractivity contribution in [1.29, 1.82) is 0 Å². The van der Waals surface area contributed by atoms with Crippen LogP contribution in [0.1, 0.15) is 19.3 Å². The Morgan fingerprint density at radius 3 is 2.50 bits per heavy atom. The van der Waals surface area contributed by atoms with Crippen LogP contribution < -0.4 is 11.1 Å². The van der Waals surface area contributed by atoms with Crippen molar-refractivity contribution in [3.05, 3.63) is 30.1 Å². The van der Waals surface area contributed by atoms with Crippen LogP contribution in [0.3, 0.4) is 0 Å². The number of piperidine rings is 1. The Balaban J connectivity index is 1.80. The standard InChI is InChI=1S/C17H24FN3O3/c1-24-15(11-19)10-16(22)21-8-6-12(7-9-21)17(23)20-14-4-2-13(18)3-5-14/h2-5,12,15H,6-11,19H2,1H3,(H,20,23). The van der Waals surface area contributed by atoms with E-state index in [1.54, 1.807) is 4.90 Å². The maximum absolute atomic E-state index is 12.9. The van der Waals surface area contributed by atoms with Crippen LogP contribution >= 0.6 is 0 Å². The number of carbonyl (C=O) groups excluding carboxylic acids is 2. The van der Waals surface area contributed by atoms with Gasteiger partial charge in [-0.1, -0.05) is 0 Å². The number of amides is 2. The van der Waals surface area contributed by atoms with Gasteiger partial charge in [-0.3, -0.25) is 9.59 Å². The zero-order valence-corrected chi connectivity index (χ0v) is 13.8. The molecule has 0 bridgehead atoms. The summed E-state index contributed by atoms with van der Waals surface area (Å²) in [4.78, 5) is 26.2. The Morgan fingerprint density at radius 1 is 1.33 bits per heavy atom.